The van der Waals surface area contributed by atoms with Crippen LogP contribution < -0.4 is 0 Å². The molecule has 1 unspecified atom stereocenters. The van der Waals surface area contributed by atoms with E-state index in [1.54, 1.807) is 6.92 Å². The van der Waals surface area contributed by atoms with E-state index in [4.69, 9.17) is 18.6 Å². The van der Waals surface area contributed by atoms with Gasteiger partial charge in [-0.05, 0) is 74.6 Å². The maximum Gasteiger partial charge on any atom is 0.416 e. The summed E-state index contributed by atoms with van der Waals surface area (Å²) < 4.78 is 99.5. The Kier molecular flexibility index (Phi) is 9.95. The summed E-state index contributed by atoms with van der Waals surface area (Å²) in [7, 11) is 0. The number of carbonyl (C=O) groups is 1. The van der Waals surface area contributed by atoms with Crippen LogP contribution in [-0.4, -0.2) is 41.0 Å². The molecule has 0 spiro atoms. The van der Waals surface area contributed by atoms with Gasteiger partial charge in [0.05, 0.1) is 43.2 Å². The number of aromatic nitrogens is 1. The van der Waals surface area contributed by atoms with Gasteiger partial charge in [0, 0.05) is 5.56 Å². The molecule has 1 saturated carbocycles. The highest BCUT2D eigenvalue weighted by Gasteiger charge is 2.31. The average Bonchev–Trinajstić information content (AvgIpc) is 3.31. The molecule has 4 rings (SSSR count). The van der Waals surface area contributed by atoms with Crippen molar-refractivity contribution in [2.24, 2.45) is 0 Å². The second kappa shape index (κ2) is 13.3. The number of aryl methyl sites for hydroxylation is 1. The van der Waals surface area contributed by atoms with Crippen LogP contribution in [0.4, 0.5) is 26.3 Å². The highest BCUT2D eigenvalue weighted by atomic mass is 19.4. The Morgan fingerprint density at radius 2 is 1.50 bits per heavy atom. The number of carboxylic acid groups (broad SMARTS) is 1. The van der Waals surface area contributed by atoms with E-state index in [2.05, 4.69) is 4.98 Å². The molecular weight excluding hydrogens is 572 g/mol. The Hall–Kier alpha value is -3.42. The first-order valence-electron chi connectivity index (χ1n) is 13.2. The van der Waals surface area contributed by atoms with Crippen LogP contribution in [0.2, 0.25) is 0 Å². The molecule has 7 nitrogen and oxygen atoms in total. The predicted octanol–water partition coefficient (Wildman–Crippen LogP) is 7.20. The smallest absolute Gasteiger partial charge is 0.416 e. The third-order valence-electron chi connectivity index (χ3n) is 6.88. The number of hydrogen-bond donors (Lipinski definition) is 1. The van der Waals surface area contributed by atoms with Crippen molar-refractivity contribution in [3.05, 3.63) is 76.7 Å². The van der Waals surface area contributed by atoms with E-state index in [1.807, 2.05) is 0 Å². The van der Waals surface area contributed by atoms with E-state index in [1.165, 1.54) is 24.3 Å². The zero-order chi connectivity index (χ0) is 30.5. The van der Waals surface area contributed by atoms with E-state index in [9.17, 15) is 36.2 Å². The Labute approximate surface area is 237 Å². The number of nitrogens with zero attached hydrogens (tertiary/aromatic N) is 1. The SMILES string of the molecule is Cc1oc(-c2ccc(C(F)(F)F)cc2)nc1CO[C@H]1CCC[C@@H](OCC(OCc2ccc(C(F)(F)F)cc2)C(=O)O)C1. The maximum atomic E-state index is 12.8. The highest BCUT2D eigenvalue weighted by molar-refractivity contribution is 5.72. The minimum Gasteiger partial charge on any atom is -0.479 e. The Morgan fingerprint density at radius 3 is 2.07 bits per heavy atom. The lowest BCUT2D eigenvalue weighted by Crippen LogP contribution is -2.34. The first-order valence-corrected chi connectivity index (χ1v) is 13.2. The van der Waals surface area contributed by atoms with E-state index >= 15 is 0 Å². The molecule has 0 bridgehead atoms. The van der Waals surface area contributed by atoms with Gasteiger partial charge in [-0.15, -0.1) is 0 Å². The third kappa shape index (κ3) is 8.55. The molecule has 3 atom stereocenters. The Morgan fingerprint density at radius 1 is 0.929 bits per heavy atom. The quantitative estimate of drug-likeness (QED) is 0.233. The van der Waals surface area contributed by atoms with Crippen molar-refractivity contribution in [2.45, 2.75) is 76.5 Å². The summed E-state index contributed by atoms with van der Waals surface area (Å²) in [6.45, 7) is 1.36. The number of hydrogen-bond acceptors (Lipinski definition) is 6. The molecule has 0 saturated heterocycles. The van der Waals surface area contributed by atoms with Crippen molar-refractivity contribution in [1.82, 2.24) is 4.98 Å². The zero-order valence-electron chi connectivity index (χ0n) is 22.5. The van der Waals surface area contributed by atoms with Gasteiger partial charge in [-0.3, -0.25) is 0 Å². The van der Waals surface area contributed by atoms with E-state index in [0.717, 1.165) is 37.1 Å². The zero-order valence-corrected chi connectivity index (χ0v) is 22.5. The van der Waals surface area contributed by atoms with E-state index in [-0.39, 0.29) is 37.9 Å². The summed E-state index contributed by atoms with van der Waals surface area (Å²) in [4.78, 5) is 16.0. The molecule has 1 aromatic heterocycles. The third-order valence-corrected chi connectivity index (χ3v) is 6.88. The van der Waals surface area contributed by atoms with Gasteiger partial charge in [0.25, 0.3) is 0 Å². The second-order valence-corrected chi connectivity index (χ2v) is 9.98. The number of oxazole rings is 1. The summed E-state index contributed by atoms with van der Waals surface area (Å²) in [6, 6.07) is 8.78. The molecule has 1 N–H and O–H groups in total. The molecule has 2 aromatic carbocycles. The highest BCUT2D eigenvalue weighted by Crippen LogP contribution is 2.32. The molecule has 1 aliphatic carbocycles. The number of alkyl halides is 6. The largest absolute Gasteiger partial charge is 0.479 e. The van der Waals surface area contributed by atoms with Crippen LogP contribution in [0.25, 0.3) is 11.5 Å². The van der Waals surface area contributed by atoms with Crippen LogP contribution >= 0.6 is 0 Å². The molecule has 0 radical (unpaired) electrons. The number of benzene rings is 2. The molecule has 0 amide bonds. The molecule has 0 aliphatic heterocycles. The second-order valence-electron chi connectivity index (χ2n) is 9.98. The van der Waals surface area contributed by atoms with Crippen molar-refractivity contribution in [3.8, 4) is 11.5 Å². The molecule has 13 heteroatoms. The minimum absolute atomic E-state index is 0.112. The molecule has 1 fully saturated rings. The van der Waals surface area contributed by atoms with Crippen molar-refractivity contribution >= 4 is 5.97 Å². The van der Waals surface area contributed by atoms with Crippen LogP contribution in [0.5, 0.6) is 0 Å². The van der Waals surface area contributed by atoms with Gasteiger partial charge in [0.15, 0.2) is 6.10 Å². The number of aliphatic carboxylic acids is 1. The van der Waals surface area contributed by atoms with Crippen molar-refractivity contribution < 1.29 is 54.9 Å². The standard InChI is InChI=1S/C29H29F6NO6/c1-17-24(36-26(42-17)19-7-11-21(12-8-19)29(33,34)35)15-39-22-3-2-4-23(13-22)40-16-25(27(37)38)41-14-18-5-9-20(10-6-18)28(30,31)32/h5-12,22-23,25H,2-4,13-16H2,1H3,(H,37,38)/t22-,23+,25?/m0/s1. The lowest BCUT2D eigenvalue weighted by Gasteiger charge is -2.29. The molecule has 1 aliphatic rings. The lowest BCUT2D eigenvalue weighted by molar-refractivity contribution is -0.159. The van der Waals surface area contributed by atoms with Gasteiger partial charge >= 0.3 is 18.3 Å². The first kappa shape index (κ1) is 31.5. The van der Waals surface area contributed by atoms with Gasteiger partial charge in [-0.25, -0.2) is 9.78 Å². The van der Waals surface area contributed by atoms with Gasteiger partial charge in [-0.2, -0.15) is 26.3 Å². The molecular formula is C29H29F6NO6. The van der Waals surface area contributed by atoms with Gasteiger partial charge in [0.2, 0.25) is 5.89 Å². The first-order chi connectivity index (χ1) is 19.8. The fourth-order valence-corrected chi connectivity index (χ4v) is 4.49. The number of ether oxygens (including phenoxy) is 3. The average molecular weight is 602 g/mol. The monoisotopic (exact) mass is 601 g/mol. The summed E-state index contributed by atoms with van der Waals surface area (Å²) in [5.74, 6) is -0.598. The summed E-state index contributed by atoms with van der Waals surface area (Å²) in [6.07, 6.45) is -8.02. The molecule has 42 heavy (non-hydrogen) atoms. The molecule has 228 valence electrons. The summed E-state index contributed by atoms with van der Waals surface area (Å²) in [5.41, 5.74) is -0.276. The van der Waals surface area contributed by atoms with Crippen LogP contribution in [0.15, 0.2) is 52.9 Å². The van der Waals surface area contributed by atoms with Crippen LogP contribution in [-0.2, 0) is 44.6 Å². The fourth-order valence-electron chi connectivity index (χ4n) is 4.49. The predicted molar refractivity (Wildman–Crippen MR) is 136 cm³/mol. The van der Waals surface area contributed by atoms with Crippen LogP contribution in [0.1, 0.15) is 53.8 Å². The minimum atomic E-state index is -4.47. The van der Waals surface area contributed by atoms with E-state index in [0.29, 0.717) is 35.4 Å². The normalized spacial score (nSPS) is 18.6. The number of rotatable bonds is 11. The van der Waals surface area contributed by atoms with Gasteiger partial charge in [0.1, 0.15) is 11.5 Å². The molecule has 1 heterocycles. The maximum absolute atomic E-state index is 12.8. The van der Waals surface area contributed by atoms with Gasteiger partial charge in [-0.1, -0.05) is 12.1 Å². The van der Waals surface area contributed by atoms with E-state index < -0.39 is 35.6 Å². The summed E-state index contributed by atoms with van der Waals surface area (Å²) >= 11 is 0. The number of carboxylic acids is 1. The van der Waals surface area contributed by atoms with Crippen molar-refractivity contribution in [3.63, 3.8) is 0 Å². The van der Waals surface area contributed by atoms with Crippen LogP contribution in [0, 0.1) is 6.92 Å². The number of halogens is 6. The Balaban J connectivity index is 1.25. The van der Waals surface area contributed by atoms with Crippen LogP contribution in [0.3, 0.4) is 0 Å². The van der Waals surface area contributed by atoms with Crippen molar-refractivity contribution in [2.75, 3.05) is 6.61 Å². The summed E-state index contributed by atoms with van der Waals surface area (Å²) in [5, 5.41) is 9.51. The van der Waals surface area contributed by atoms with Crippen molar-refractivity contribution in [1.29, 1.82) is 0 Å². The van der Waals surface area contributed by atoms with Gasteiger partial charge < -0.3 is 23.7 Å². The molecule has 3 aromatic rings. The lowest BCUT2D eigenvalue weighted by atomic mass is 9.95. The fraction of sp³-hybridized carbons (Fsp3) is 0.448. The topological polar surface area (TPSA) is 91.0 Å². The Bertz CT molecular complexity index is 1320.